The predicted molar refractivity (Wildman–Crippen MR) is 95.7 cm³/mol. The van der Waals surface area contributed by atoms with Gasteiger partial charge in [-0.05, 0) is 57.2 Å². The summed E-state index contributed by atoms with van der Waals surface area (Å²) in [5.74, 6) is -1.61. The molecule has 0 saturated carbocycles. The SMILES string of the molecule is CC(C)(C)OC(=O)Nc1ccc(F)cc1NC(=O)c1cccc(C(F)(F)F)c1. The maximum Gasteiger partial charge on any atom is 0.416 e. The van der Waals surface area contributed by atoms with Gasteiger partial charge in [-0.3, -0.25) is 10.1 Å². The lowest BCUT2D eigenvalue weighted by molar-refractivity contribution is -0.137. The van der Waals surface area contributed by atoms with Crippen molar-refractivity contribution in [1.29, 1.82) is 0 Å². The first kappa shape index (κ1) is 21.2. The monoisotopic (exact) mass is 398 g/mol. The van der Waals surface area contributed by atoms with Gasteiger partial charge in [-0.2, -0.15) is 13.2 Å². The molecule has 2 amide bonds. The van der Waals surface area contributed by atoms with Crippen LogP contribution in [0.4, 0.5) is 33.7 Å². The van der Waals surface area contributed by atoms with Crippen LogP contribution in [0.15, 0.2) is 42.5 Å². The third-order valence-corrected chi connectivity index (χ3v) is 3.32. The second-order valence-corrected chi connectivity index (χ2v) is 6.85. The molecule has 150 valence electrons. The summed E-state index contributed by atoms with van der Waals surface area (Å²) in [6.45, 7) is 4.94. The van der Waals surface area contributed by atoms with Crippen molar-refractivity contribution in [3.63, 3.8) is 0 Å². The van der Waals surface area contributed by atoms with E-state index in [1.165, 1.54) is 12.1 Å². The lowest BCUT2D eigenvalue weighted by Gasteiger charge is -2.20. The second kappa shape index (κ2) is 7.87. The first-order valence-corrected chi connectivity index (χ1v) is 8.13. The Labute approximate surface area is 158 Å². The highest BCUT2D eigenvalue weighted by Gasteiger charge is 2.31. The molecule has 9 heteroatoms. The van der Waals surface area contributed by atoms with E-state index in [1.54, 1.807) is 20.8 Å². The Hall–Kier alpha value is -3.10. The average molecular weight is 398 g/mol. The van der Waals surface area contributed by atoms with E-state index >= 15 is 0 Å². The summed E-state index contributed by atoms with van der Waals surface area (Å²) < 4.78 is 57.1. The van der Waals surface area contributed by atoms with E-state index < -0.39 is 35.2 Å². The van der Waals surface area contributed by atoms with Gasteiger partial charge < -0.3 is 10.1 Å². The topological polar surface area (TPSA) is 67.4 Å². The minimum Gasteiger partial charge on any atom is -0.444 e. The van der Waals surface area contributed by atoms with Gasteiger partial charge in [0, 0.05) is 5.56 Å². The number of nitrogens with one attached hydrogen (secondary N) is 2. The quantitative estimate of drug-likeness (QED) is 0.676. The molecule has 0 aliphatic heterocycles. The molecule has 2 aromatic carbocycles. The van der Waals surface area contributed by atoms with Crippen molar-refractivity contribution in [3.05, 3.63) is 59.4 Å². The van der Waals surface area contributed by atoms with Crippen molar-refractivity contribution in [2.45, 2.75) is 32.5 Å². The van der Waals surface area contributed by atoms with Crippen molar-refractivity contribution < 1.29 is 31.9 Å². The Morgan fingerprint density at radius 2 is 1.61 bits per heavy atom. The molecular formula is C19H18F4N2O3. The molecule has 0 bridgehead atoms. The molecular weight excluding hydrogens is 380 g/mol. The Kier molecular flexibility index (Phi) is 5.96. The van der Waals surface area contributed by atoms with Crippen LogP contribution < -0.4 is 10.6 Å². The van der Waals surface area contributed by atoms with Gasteiger partial charge in [0.05, 0.1) is 16.9 Å². The maximum absolute atomic E-state index is 13.6. The maximum atomic E-state index is 13.6. The van der Waals surface area contributed by atoms with E-state index in [4.69, 9.17) is 4.74 Å². The summed E-state index contributed by atoms with van der Waals surface area (Å²) in [6.07, 6.45) is -5.45. The fourth-order valence-corrected chi connectivity index (χ4v) is 2.17. The Morgan fingerprint density at radius 1 is 0.929 bits per heavy atom. The zero-order valence-corrected chi connectivity index (χ0v) is 15.3. The first-order chi connectivity index (χ1) is 12.8. The smallest absolute Gasteiger partial charge is 0.416 e. The van der Waals surface area contributed by atoms with Gasteiger partial charge in [-0.15, -0.1) is 0 Å². The molecule has 28 heavy (non-hydrogen) atoms. The summed E-state index contributed by atoms with van der Waals surface area (Å²) in [4.78, 5) is 24.2. The van der Waals surface area contributed by atoms with Crippen molar-refractivity contribution in [2.75, 3.05) is 10.6 Å². The summed E-state index contributed by atoms with van der Waals surface area (Å²) in [5, 5.41) is 4.66. The first-order valence-electron chi connectivity index (χ1n) is 8.13. The van der Waals surface area contributed by atoms with Crippen molar-refractivity contribution in [3.8, 4) is 0 Å². The predicted octanol–water partition coefficient (Wildman–Crippen LogP) is 5.44. The van der Waals surface area contributed by atoms with E-state index in [0.29, 0.717) is 6.07 Å². The zero-order valence-electron chi connectivity index (χ0n) is 15.3. The van der Waals surface area contributed by atoms with Gasteiger partial charge in [0.15, 0.2) is 0 Å². The van der Waals surface area contributed by atoms with Crippen molar-refractivity contribution in [2.24, 2.45) is 0 Å². The zero-order chi connectivity index (χ0) is 21.1. The minimum absolute atomic E-state index is 0.0241. The van der Waals surface area contributed by atoms with Gasteiger partial charge in [0.1, 0.15) is 11.4 Å². The molecule has 0 aliphatic rings. The largest absolute Gasteiger partial charge is 0.444 e. The van der Waals surface area contributed by atoms with Crippen LogP contribution in [-0.4, -0.2) is 17.6 Å². The highest BCUT2D eigenvalue weighted by molar-refractivity contribution is 6.07. The number of carbonyl (C=O) groups excluding carboxylic acids is 2. The lowest BCUT2D eigenvalue weighted by atomic mass is 10.1. The molecule has 0 unspecified atom stereocenters. The number of ether oxygens (including phenoxy) is 1. The molecule has 2 aromatic rings. The van der Waals surface area contributed by atoms with Crippen LogP contribution in [0.25, 0.3) is 0 Å². The van der Waals surface area contributed by atoms with Gasteiger partial charge in [-0.25, -0.2) is 9.18 Å². The number of rotatable bonds is 3. The van der Waals surface area contributed by atoms with E-state index in [-0.39, 0.29) is 16.9 Å². The normalized spacial score (nSPS) is 11.7. The molecule has 0 spiro atoms. The fourth-order valence-electron chi connectivity index (χ4n) is 2.17. The van der Waals surface area contributed by atoms with E-state index in [0.717, 1.165) is 24.3 Å². The number of alkyl halides is 3. The fraction of sp³-hybridized carbons (Fsp3) is 0.263. The molecule has 0 radical (unpaired) electrons. The highest BCUT2D eigenvalue weighted by atomic mass is 19.4. The van der Waals surface area contributed by atoms with Gasteiger partial charge in [0.2, 0.25) is 0 Å². The number of benzene rings is 2. The van der Waals surface area contributed by atoms with Crippen LogP contribution in [0.3, 0.4) is 0 Å². The molecule has 0 aliphatic carbocycles. The molecule has 0 aromatic heterocycles. The van der Waals surface area contributed by atoms with Crippen LogP contribution in [0.2, 0.25) is 0 Å². The standard InChI is InChI=1S/C19H18F4N2O3/c1-18(2,3)28-17(27)25-14-8-7-13(20)10-15(14)24-16(26)11-5-4-6-12(9-11)19(21,22)23/h4-10H,1-3H3,(H,24,26)(H,25,27). The van der Waals surface area contributed by atoms with Crippen LogP contribution in [-0.2, 0) is 10.9 Å². The number of halogens is 4. The Bertz CT molecular complexity index is 889. The Morgan fingerprint density at radius 3 is 2.21 bits per heavy atom. The number of carbonyl (C=O) groups is 2. The summed E-state index contributed by atoms with van der Waals surface area (Å²) in [5.41, 5.74) is -2.16. The Balaban J connectivity index is 2.25. The highest BCUT2D eigenvalue weighted by Crippen LogP contribution is 2.30. The number of amides is 2. The molecule has 0 saturated heterocycles. The lowest BCUT2D eigenvalue weighted by Crippen LogP contribution is -2.27. The average Bonchev–Trinajstić information content (AvgIpc) is 2.55. The number of hydrogen-bond donors (Lipinski definition) is 2. The van der Waals surface area contributed by atoms with Gasteiger partial charge in [0.25, 0.3) is 5.91 Å². The van der Waals surface area contributed by atoms with Gasteiger partial charge >= 0.3 is 12.3 Å². The van der Waals surface area contributed by atoms with Crippen LogP contribution in [0.5, 0.6) is 0 Å². The summed E-state index contributed by atoms with van der Waals surface area (Å²) in [7, 11) is 0. The number of anilines is 2. The molecule has 0 heterocycles. The van der Waals surface area contributed by atoms with E-state index in [9.17, 15) is 27.2 Å². The molecule has 0 fully saturated rings. The third kappa shape index (κ3) is 5.97. The van der Waals surface area contributed by atoms with E-state index in [1.807, 2.05) is 0 Å². The molecule has 2 rings (SSSR count). The number of hydrogen-bond acceptors (Lipinski definition) is 3. The van der Waals surface area contributed by atoms with Crippen molar-refractivity contribution in [1.82, 2.24) is 0 Å². The molecule has 5 nitrogen and oxygen atoms in total. The third-order valence-electron chi connectivity index (χ3n) is 3.32. The van der Waals surface area contributed by atoms with Gasteiger partial charge in [-0.1, -0.05) is 6.07 Å². The van der Waals surface area contributed by atoms with Crippen LogP contribution in [0, 0.1) is 5.82 Å². The summed E-state index contributed by atoms with van der Waals surface area (Å²) >= 11 is 0. The van der Waals surface area contributed by atoms with Crippen molar-refractivity contribution >= 4 is 23.4 Å². The molecule has 2 N–H and O–H groups in total. The molecule has 0 atom stereocenters. The van der Waals surface area contributed by atoms with Crippen LogP contribution in [0.1, 0.15) is 36.7 Å². The van der Waals surface area contributed by atoms with Crippen LogP contribution >= 0.6 is 0 Å². The van der Waals surface area contributed by atoms with E-state index in [2.05, 4.69) is 10.6 Å². The minimum atomic E-state index is -4.61. The summed E-state index contributed by atoms with van der Waals surface area (Å²) in [6, 6.07) is 6.95. The second-order valence-electron chi connectivity index (χ2n) is 6.85.